The van der Waals surface area contributed by atoms with Crippen LogP contribution in [0, 0.1) is 5.41 Å². The van der Waals surface area contributed by atoms with Crippen LogP contribution in [-0.2, 0) is 22.4 Å². The lowest BCUT2D eigenvalue weighted by molar-refractivity contribution is -0.0699. The predicted molar refractivity (Wildman–Crippen MR) is 152 cm³/mol. The van der Waals surface area contributed by atoms with E-state index in [1.807, 2.05) is 24.3 Å². The number of aromatic nitrogens is 2. The quantitative estimate of drug-likeness (QED) is 0.514. The molecule has 2 amide bonds. The SMILES string of the molecule is CC(C)(C)CCCNC(=O)Nc1ccc(-c2nc3c(c(N4CC5CCC(C4)O5)n2)CCN(C2COC2)C3)cc1. The van der Waals surface area contributed by atoms with E-state index in [-0.39, 0.29) is 11.4 Å². The maximum Gasteiger partial charge on any atom is 0.319 e. The number of nitrogens with one attached hydrogen (secondary N) is 2. The van der Waals surface area contributed by atoms with Crippen LogP contribution in [0.4, 0.5) is 16.3 Å². The normalized spacial score (nSPS) is 23.3. The molecule has 4 aliphatic heterocycles. The molecule has 0 aliphatic carbocycles. The topological polar surface area (TPSA) is 91.9 Å². The van der Waals surface area contributed by atoms with Crippen molar-refractivity contribution in [3.8, 4) is 11.4 Å². The predicted octanol–water partition coefficient (Wildman–Crippen LogP) is 4.22. The molecule has 2 N–H and O–H groups in total. The van der Waals surface area contributed by atoms with E-state index >= 15 is 0 Å². The zero-order valence-electron chi connectivity index (χ0n) is 23.5. The molecule has 9 nitrogen and oxygen atoms in total. The molecule has 9 heteroatoms. The first-order valence-electron chi connectivity index (χ1n) is 14.6. The van der Waals surface area contributed by atoms with Crippen molar-refractivity contribution < 1.29 is 14.3 Å². The van der Waals surface area contributed by atoms with Gasteiger partial charge < -0.3 is 25.0 Å². The summed E-state index contributed by atoms with van der Waals surface area (Å²) in [5, 5.41) is 5.91. The zero-order chi connectivity index (χ0) is 27.0. The van der Waals surface area contributed by atoms with Crippen molar-refractivity contribution in [3.05, 3.63) is 35.5 Å². The third-order valence-corrected chi connectivity index (χ3v) is 8.34. The number of hydrogen-bond acceptors (Lipinski definition) is 7. The Morgan fingerprint density at radius 2 is 1.82 bits per heavy atom. The third kappa shape index (κ3) is 6.21. The van der Waals surface area contributed by atoms with Crippen LogP contribution in [-0.4, -0.2) is 78.5 Å². The molecular weight excluding hydrogens is 492 g/mol. The number of rotatable bonds is 7. The number of benzene rings is 1. The fourth-order valence-electron chi connectivity index (χ4n) is 6.05. The second-order valence-electron chi connectivity index (χ2n) is 12.7. The minimum absolute atomic E-state index is 0.175. The molecule has 210 valence electrons. The molecular formula is C30H42N6O3. The molecule has 39 heavy (non-hydrogen) atoms. The minimum atomic E-state index is -0.175. The van der Waals surface area contributed by atoms with Gasteiger partial charge >= 0.3 is 6.03 Å². The number of carbonyl (C=O) groups is 1. The van der Waals surface area contributed by atoms with Gasteiger partial charge in [-0.15, -0.1) is 0 Å². The van der Waals surface area contributed by atoms with Gasteiger partial charge in [0.25, 0.3) is 0 Å². The Morgan fingerprint density at radius 3 is 2.49 bits per heavy atom. The van der Waals surface area contributed by atoms with Gasteiger partial charge in [-0.2, -0.15) is 0 Å². The Morgan fingerprint density at radius 1 is 1.08 bits per heavy atom. The van der Waals surface area contributed by atoms with Crippen molar-refractivity contribution in [2.75, 3.05) is 49.6 Å². The van der Waals surface area contributed by atoms with Gasteiger partial charge in [0.2, 0.25) is 0 Å². The highest BCUT2D eigenvalue weighted by Gasteiger charge is 2.37. The van der Waals surface area contributed by atoms with E-state index < -0.39 is 0 Å². The first-order chi connectivity index (χ1) is 18.8. The highest BCUT2D eigenvalue weighted by Crippen LogP contribution is 2.35. The van der Waals surface area contributed by atoms with Crippen molar-refractivity contribution in [2.45, 2.75) is 77.7 Å². The standard InChI is InChI=1S/C30H42N6O3/c1-30(2,3)12-4-13-31-29(37)32-21-7-5-20(6-8-21)27-33-26-17-35(22-18-38-19-22)14-11-25(26)28(34-27)36-15-23-9-10-24(16-36)39-23/h5-8,22-24H,4,9-19H2,1-3H3,(H2,31,32,37). The van der Waals surface area contributed by atoms with Gasteiger partial charge in [-0.05, 0) is 61.8 Å². The minimum Gasteiger partial charge on any atom is -0.378 e. The lowest BCUT2D eigenvalue weighted by atomic mass is 9.91. The second-order valence-corrected chi connectivity index (χ2v) is 12.7. The van der Waals surface area contributed by atoms with E-state index in [1.165, 1.54) is 5.56 Å². The van der Waals surface area contributed by atoms with E-state index in [2.05, 4.69) is 41.2 Å². The lowest BCUT2D eigenvalue weighted by Gasteiger charge is -2.41. The molecule has 3 fully saturated rings. The summed E-state index contributed by atoms with van der Waals surface area (Å²) in [4.78, 5) is 27.6. The number of urea groups is 1. The molecule has 2 bridgehead atoms. The smallest absolute Gasteiger partial charge is 0.319 e. The molecule has 3 saturated heterocycles. The van der Waals surface area contributed by atoms with E-state index in [0.29, 0.717) is 24.8 Å². The fraction of sp³-hybridized carbons (Fsp3) is 0.633. The Kier molecular flexibility index (Phi) is 7.48. The van der Waals surface area contributed by atoms with Crippen LogP contribution < -0.4 is 15.5 Å². The summed E-state index contributed by atoms with van der Waals surface area (Å²) < 4.78 is 11.6. The van der Waals surface area contributed by atoms with Crippen LogP contribution >= 0.6 is 0 Å². The molecule has 4 aliphatic rings. The molecule has 2 atom stereocenters. The Labute approximate surface area is 231 Å². The van der Waals surface area contributed by atoms with Crippen molar-refractivity contribution in [3.63, 3.8) is 0 Å². The van der Waals surface area contributed by atoms with Gasteiger partial charge in [-0.3, -0.25) is 4.90 Å². The van der Waals surface area contributed by atoms with Crippen LogP contribution in [0.2, 0.25) is 0 Å². The number of anilines is 2. The first-order valence-corrected chi connectivity index (χ1v) is 14.6. The summed E-state index contributed by atoms with van der Waals surface area (Å²) in [6.45, 7) is 12.6. The number of carbonyl (C=O) groups excluding carboxylic acids is 1. The number of fused-ring (bicyclic) bond motifs is 3. The zero-order valence-corrected chi connectivity index (χ0v) is 23.5. The molecule has 0 spiro atoms. The Bertz CT molecular complexity index is 1160. The third-order valence-electron chi connectivity index (χ3n) is 8.34. The van der Waals surface area contributed by atoms with Crippen LogP contribution in [0.15, 0.2) is 24.3 Å². The van der Waals surface area contributed by atoms with Gasteiger partial charge in [0, 0.05) is 49.5 Å². The molecule has 0 radical (unpaired) electrons. The monoisotopic (exact) mass is 534 g/mol. The number of morpholine rings is 1. The Balaban J connectivity index is 1.18. The van der Waals surface area contributed by atoms with Crippen LogP contribution in [0.5, 0.6) is 0 Å². The summed E-state index contributed by atoms with van der Waals surface area (Å²) in [5.74, 6) is 1.82. The molecule has 5 heterocycles. The summed E-state index contributed by atoms with van der Waals surface area (Å²) in [7, 11) is 0. The number of hydrogen-bond donors (Lipinski definition) is 2. The largest absolute Gasteiger partial charge is 0.378 e. The van der Waals surface area contributed by atoms with Crippen molar-refractivity contribution >= 4 is 17.5 Å². The van der Waals surface area contributed by atoms with E-state index in [4.69, 9.17) is 19.4 Å². The number of ether oxygens (including phenoxy) is 2. The maximum atomic E-state index is 12.4. The average molecular weight is 535 g/mol. The van der Waals surface area contributed by atoms with Crippen LogP contribution in [0.3, 0.4) is 0 Å². The van der Waals surface area contributed by atoms with E-state index in [9.17, 15) is 4.79 Å². The van der Waals surface area contributed by atoms with E-state index in [0.717, 1.165) is 100 Å². The Hall–Kier alpha value is -2.75. The van der Waals surface area contributed by atoms with Gasteiger partial charge in [0.15, 0.2) is 5.82 Å². The summed E-state index contributed by atoms with van der Waals surface area (Å²) in [6, 6.07) is 8.18. The average Bonchev–Trinajstić information content (AvgIpc) is 3.22. The van der Waals surface area contributed by atoms with Crippen LogP contribution in [0.25, 0.3) is 11.4 Å². The molecule has 0 saturated carbocycles. The number of amides is 2. The maximum absolute atomic E-state index is 12.4. The summed E-state index contributed by atoms with van der Waals surface area (Å²) in [5.41, 5.74) is 4.40. The fourth-order valence-corrected chi connectivity index (χ4v) is 6.05. The van der Waals surface area contributed by atoms with Crippen LogP contribution in [0.1, 0.15) is 57.7 Å². The van der Waals surface area contributed by atoms with Crippen molar-refractivity contribution in [2.24, 2.45) is 5.41 Å². The van der Waals surface area contributed by atoms with Crippen molar-refractivity contribution in [1.82, 2.24) is 20.2 Å². The second kappa shape index (κ2) is 11.0. The molecule has 2 aromatic rings. The van der Waals surface area contributed by atoms with Gasteiger partial charge in [-0.1, -0.05) is 20.8 Å². The van der Waals surface area contributed by atoms with Gasteiger partial charge in [0.1, 0.15) is 5.82 Å². The summed E-state index contributed by atoms with van der Waals surface area (Å²) >= 11 is 0. The summed E-state index contributed by atoms with van der Waals surface area (Å²) in [6.07, 6.45) is 5.86. The molecule has 6 rings (SSSR count). The van der Waals surface area contributed by atoms with Gasteiger partial charge in [0.05, 0.1) is 37.2 Å². The van der Waals surface area contributed by atoms with Crippen molar-refractivity contribution in [1.29, 1.82) is 0 Å². The lowest BCUT2D eigenvalue weighted by Crippen LogP contribution is -2.51. The number of nitrogens with zero attached hydrogens (tertiary/aromatic N) is 4. The molecule has 2 unspecified atom stereocenters. The molecule has 1 aromatic carbocycles. The van der Waals surface area contributed by atoms with Gasteiger partial charge in [-0.25, -0.2) is 14.8 Å². The van der Waals surface area contributed by atoms with E-state index in [1.54, 1.807) is 0 Å². The first kappa shape index (κ1) is 26.5. The molecule has 1 aromatic heterocycles. The highest BCUT2D eigenvalue weighted by molar-refractivity contribution is 5.89. The highest BCUT2D eigenvalue weighted by atomic mass is 16.5.